The highest BCUT2D eigenvalue weighted by atomic mass is 19.2. The number of hydrogen-bond donors (Lipinski definition) is 1. The Morgan fingerprint density at radius 1 is 1.04 bits per heavy atom. The quantitative estimate of drug-likeness (QED) is 0.859. The molecular weight excluding hydrogens is 309 g/mol. The molecule has 1 amide bonds. The molecule has 1 aromatic heterocycles. The maximum absolute atomic E-state index is 13.6. The van der Waals surface area contributed by atoms with E-state index in [1.807, 2.05) is 18.7 Å². The Hall–Kier alpha value is -2.64. The van der Waals surface area contributed by atoms with Gasteiger partial charge in [-0.05, 0) is 38.1 Å². The van der Waals surface area contributed by atoms with E-state index in [-0.39, 0.29) is 5.82 Å². The molecule has 0 saturated heterocycles. The summed E-state index contributed by atoms with van der Waals surface area (Å²) in [7, 11) is 0. The maximum atomic E-state index is 13.6. The van der Waals surface area contributed by atoms with E-state index in [4.69, 9.17) is 0 Å². The van der Waals surface area contributed by atoms with Crippen LogP contribution in [0.25, 0.3) is 0 Å². The van der Waals surface area contributed by atoms with E-state index in [1.165, 1.54) is 6.07 Å². The zero-order chi connectivity index (χ0) is 17.0. The number of rotatable bonds is 5. The van der Waals surface area contributed by atoms with Gasteiger partial charge < -0.3 is 10.2 Å². The minimum absolute atomic E-state index is 0.0787. The first-order valence-electron chi connectivity index (χ1n) is 7.01. The number of carbonyl (C=O) groups excluding carboxylic acids is 1. The van der Waals surface area contributed by atoms with E-state index >= 15 is 0 Å². The molecule has 1 aromatic carbocycles. The van der Waals surface area contributed by atoms with Crippen molar-refractivity contribution in [3.8, 4) is 0 Å². The lowest BCUT2D eigenvalue weighted by Gasteiger charge is -2.18. The van der Waals surface area contributed by atoms with Crippen molar-refractivity contribution in [1.82, 2.24) is 10.2 Å². The summed E-state index contributed by atoms with van der Waals surface area (Å²) in [4.78, 5) is 13.9. The van der Waals surface area contributed by atoms with E-state index in [2.05, 4.69) is 15.5 Å². The molecule has 2 rings (SSSR count). The Morgan fingerprint density at radius 2 is 1.74 bits per heavy atom. The monoisotopic (exact) mass is 324 g/mol. The molecule has 0 radical (unpaired) electrons. The SMILES string of the molecule is CCN(CC)c1ccc(NC(=O)c2ccc(F)c(F)c2F)nn1. The molecule has 1 heterocycles. The first-order valence-corrected chi connectivity index (χ1v) is 7.01. The van der Waals surface area contributed by atoms with Crippen LogP contribution in [0.3, 0.4) is 0 Å². The van der Waals surface area contributed by atoms with Crippen molar-refractivity contribution >= 4 is 17.5 Å². The van der Waals surface area contributed by atoms with E-state index in [9.17, 15) is 18.0 Å². The fourth-order valence-corrected chi connectivity index (χ4v) is 1.99. The molecule has 0 bridgehead atoms. The van der Waals surface area contributed by atoms with Crippen LogP contribution in [0.4, 0.5) is 24.8 Å². The van der Waals surface area contributed by atoms with Crippen molar-refractivity contribution in [1.29, 1.82) is 0 Å². The van der Waals surface area contributed by atoms with Gasteiger partial charge in [-0.25, -0.2) is 13.2 Å². The number of amides is 1. The van der Waals surface area contributed by atoms with E-state index in [0.717, 1.165) is 19.2 Å². The summed E-state index contributed by atoms with van der Waals surface area (Å²) < 4.78 is 39.6. The number of anilines is 2. The van der Waals surface area contributed by atoms with Gasteiger partial charge in [0.25, 0.3) is 5.91 Å². The number of nitrogens with zero attached hydrogens (tertiary/aromatic N) is 3. The van der Waals surface area contributed by atoms with Gasteiger partial charge >= 0.3 is 0 Å². The molecule has 0 aliphatic rings. The van der Waals surface area contributed by atoms with Crippen LogP contribution in [-0.4, -0.2) is 29.2 Å². The highest BCUT2D eigenvalue weighted by Crippen LogP contribution is 2.17. The zero-order valence-corrected chi connectivity index (χ0v) is 12.6. The lowest BCUT2D eigenvalue weighted by atomic mass is 10.2. The summed E-state index contributed by atoms with van der Waals surface area (Å²) in [5, 5.41) is 10.1. The molecule has 1 N–H and O–H groups in total. The van der Waals surface area contributed by atoms with Crippen LogP contribution in [0.1, 0.15) is 24.2 Å². The van der Waals surface area contributed by atoms with Gasteiger partial charge in [0.05, 0.1) is 5.56 Å². The van der Waals surface area contributed by atoms with Gasteiger partial charge in [-0.15, -0.1) is 10.2 Å². The van der Waals surface area contributed by atoms with Crippen molar-refractivity contribution in [2.75, 3.05) is 23.3 Å². The van der Waals surface area contributed by atoms with E-state index < -0.39 is 28.9 Å². The molecule has 0 fully saturated rings. The number of aromatic nitrogens is 2. The van der Waals surface area contributed by atoms with Gasteiger partial charge in [0.1, 0.15) is 0 Å². The normalized spacial score (nSPS) is 10.5. The minimum atomic E-state index is -1.69. The molecule has 0 saturated carbocycles. The zero-order valence-electron chi connectivity index (χ0n) is 12.6. The molecule has 5 nitrogen and oxygen atoms in total. The standard InChI is InChI=1S/C15H15F3N4O/c1-3-22(4-2)12-8-7-11(20-21-12)19-15(23)9-5-6-10(16)14(18)13(9)17/h5-8H,3-4H2,1-2H3,(H,19,20,23). The number of hydrogen-bond acceptors (Lipinski definition) is 4. The van der Waals surface area contributed by atoms with E-state index in [1.54, 1.807) is 6.07 Å². The van der Waals surface area contributed by atoms with Crippen LogP contribution < -0.4 is 10.2 Å². The third-order valence-corrected chi connectivity index (χ3v) is 3.26. The van der Waals surface area contributed by atoms with Crippen molar-refractivity contribution < 1.29 is 18.0 Å². The second-order valence-corrected chi connectivity index (χ2v) is 4.63. The van der Waals surface area contributed by atoms with Crippen LogP contribution in [0, 0.1) is 17.5 Å². The van der Waals surface area contributed by atoms with Gasteiger partial charge in [0.15, 0.2) is 29.1 Å². The first kappa shape index (κ1) is 16.7. The molecular formula is C15H15F3N4O. The first-order chi connectivity index (χ1) is 11.0. The van der Waals surface area contributed by atoms with Crippen LogP contribution in [-0.2, 0) is 0 Å². The van der Waals surface area contributed by atoms with Crippen LogP contribution in [0.5, 0.6) is 0 Å². The van der Waals surface area contributed by atoms with Gasteiger partial charge in [-0.2, -0.15) is 0 Å². The Bertz CT molecular complexity index is 703. The molecule has 0 aliphatic heterocycles. The number of benzene rings is 1. The highest BCUT2D eigenvalue weighted by Gasteiger charge is 2.19. The van der Waals surface area contributed by atoms with Crippen LogP contribution in [0.2, 0.25) is 0 Å². The second kappa shape index (κ2) is 7.08. The van der Waals surface area contributed by atoms with Gasteiger partial charge in [0.2, 0.25) is 0 Å². The third-order valence-electron chi connectivity index (χ3n) is 3.26. The van der Waals surface area contributed by atoms with Crippen molar-refractivity contribution in [3.63, 3.8) is 0 Å². The highest BCUT2D eigenvalue weighted by molar-refractivity contribution is 6.03. The minimum Gasteiger partial charge on any atom is -0.356 e. The lowest BCUT2D eigenvalue weighted by molar-refractivity contribution is 0.102. The fourth-order valence-electron chi connectivity index (χ4n) is 1.99. The van der Waals surface area contributed by atoms with Crippen LogP contribution >= 0.6 is 0 Å². The Kier molecular flexibility index (Phi) is 5.15. The van der Waals surface area contributed by atoms with E-state index in [0.29, 0.717) is 11.9 Å². The van der Waals surface area contributed by atoms with Crippen molar-refractivity contribution in [3.05, 3.63) is 47.3 Å². The topological polar surface area (TPSA) is 58.1 Å². The summed E-state index contributed by atoms with van der Waals surface area (Å²) in [6.45, 7) is 5.42. The fraction of sp³-hybridized carbons (Fsp3) is 0.267. The Balaban J connectivity index is 2.16. The molecule has 122 valence electrons. The van der Waals surface area contributed by atoms with Crippen molar-refractivity contribution in [2.45, 2.75) is 13.8 Å². The summed E-state index contributed by atoms with van der Waals surface area (Å²) in [5.41, 5.74) is -0.612. The van der Waals surface area contributed by atoms with Gasteiger partial charge in [0, 0.05) is 13.1 Å². The molecule has 0 unspecified atom stereocenters. The molecule has 0 aliphatic carbocycles. The predicted molar refractivity (Wildman–Crippen MR) is 79.9 cm³/mol. The average molecular weight is 324 g/mol. The summed E-state index contributed by atoms with van der Waals surface area (Å²) in [6, 6.07) is 4.69. The molecule has 0 atom stereocenters. The third kappa shape index (κ3) is 3.58. The number of halogens is 3. The molecule has 2 aromatic rings. The molecule has 0 spiro atoms. The predicted octanol–water partition coefficient (Wildman–Crippen LogP) is 2.99. The number of nitrogens with one attached hydrogen (secondary N) is 1. The summed E-state index contributed by atoms with van der Waals surface area (Å²) in [5.74, 6) is -4.83. The largest absolute Gasteiger partial charge is 0.356 e. The molecule has 8 heteroatoms. The maximum Gasteiger partial charge on any atom is 0.259 e. The van der Waals surface area contributed by atoms with Crippen molar-refractivity contribution in [2.24, 2.45) is 0 Å². The summed E-state index contributed by atoms with van der Waals surface area (Å²) in [6.07, 6.45) is 0. The smallest absolute Gasteiger partial charge is 0.259 e. The van der Waals surface area contributed by atoms with Crippen LogP contribution in [0.15, 0.2) is 24.3 Å². The van der Waals surface area contributed by atoms with Gasteiger partial charge in [-0.1, -0.05) is 0 Å². The lowest BCUT2D eigenvalue weighted by Crippen LogP contribution is -2.23. The Labute approximate surface area is 131 Å². The van der Waals surface area contributed by atoms with Gasteiger partial charge in [-0.3, -0.25) is 4.79 Å². The second-order valence-electron chi connectivity index (χ2n) is 4.63. The average Bonchev–Trinajstić information content (AvgIpc) is 2.55. The summed E-state index contributed by atoms with van der Waals surface area (Å²) >= 11 is 0. The molecule has 23 heavy (non-hydrogen) atoms. The number of carbonyl (C=O) groups is 1. The Morgan fingerprint density at radius 3 is 2.30 bits per heavy atom.